The molecule has 0 radical (unpaired) electrons. The Kier molecular flexibility index (Phi) is 5.96. The highest BCUT2D eigenvalue weighted by atomic mass is 32.2. The van der Waals surface area contributed by atoms with Crippen molar-refractivity contribution in [2.45, 2.75) is 10.6 Å². The molecule has 0 saturated carbocycles. The number of carbonyl (C=O) groups is 1. The molecular formula is C20H21FN2O2S. The second kappa shape index (κ2) is 8.38. The largest absolute Gasteiger partial charge is 0.451 e. The van der Waals surface area contributed by atoms with Crippen LogP contribution in [0.2, 0.25) is 0 Å². The molecule has 1 aromatic heterocycles. The van der Waals surface area contributed by atoms with Gasteiger partial charge in [-0.25, -0.2) is 4.39 Å². The molecule has 4 nitrogen and oxygen atoms in total. The van der Waals surface area contributed by atoms with Crippen molar-refractivity contribution in [1.29, 1.82) is 0 Å². The zero-order valence-electron chi connectivity index (χ0n) is 14.8. The summed E-state index contributed by atoms with van der Waals surface area (Å²) < 4.78 is 19.8. The monoisotopic (exact) mass is 372 g/mol. The lowest BCUT2D eigenvalue weighted by atomic mass is 10.1. The van der Waals surface area contributed by atoms with Crippen molar-refractivity contribution in [1.82, 2.24) is 10.2 Å². The molecule has 26 heavy (non-hydrogen) atoms. The van der Waals surface area contributed by atoms with Crippen molar-refractivity contribution in [2.75, 3.05) is 27.2 Å². The Bertz CT molecular complexity index is 910. The average Bonchev–Trinajstić information content (AvgIpc) is 3.03. The van der Waals surface area contributed by atoms with E-state index in [0.717, 1.165) is 10.9 Å². The highest BCUT2D eigenvalue weighted by Crippen LogP contribution is 2.33. The van der Waals surface area contributed by atoms with Gasteiger partial charge >= 0.3 is 0 Å². The minimum absolute atomic E-state index is 0.166. The smallest absolute Gasteiger partial charge is 0.289 e. The Hall–Kier alpha value is -2.31. The van der Waals surface area contributed by atoms with Gasteiger partial charge in [-0.2, -0.15) is 0 Å². The summed E-state index contributed by atoms with van der Waals surface area (Å²) in [5.74, 6) is 0.359. The molecule has 0 aliphatic rings. The van der Waals surface area contributed by atoms with E-state index >= 15 is 0 Å². The molecule has 0 saturated heterocycles. The number of carbonyl (C=O) groups excluding carboxylic acids is 1. The quantitative estimate of drug-likeness (QED) is 0.633. The fourth-order valence-corrected chi connectivity index (χ4v) is 3.65. The van der Waals surface area contributed by atoms with Crippen LogP contribution >= 0.6 is 11.8 Å². The molecule has 2 aromatic carbocycles. The van der Waals surface area contributed by atoms with Gasteiger partial charge in [-0.3, -0.25) is 4.79 Å². The Labute approximate surface area is 156 Å². The van der Waals surface area contributed by atoms with Crippen molar-refractivity contribution in [3.8, 4) is 0 Å². The van der Waals surface area contributed by atoms with Gasteiger partial charge in [0.15, 0.2) is 5.76 Å². The number of amides is 1. The molecule has 0 aliphatic heterocycles. The van der Waals surface area contributed by atoms with E-state index in [0.29, 0.717) is 35.1 Å². The number of furan rings is 1. The number of hydrogen-bond acceptors (Lipinski definition) is 4. The van der Waals surface area contributed by atoms with Gasteiger partial charge in [-0.05, 0) is 25.2 Å². The summed E-state index contributed by atoms with van der Waals surface area (Å²) in [6.45, 7) is 1.27. The highest BCUT2D eigenvalue weighted by molar-refractivity contribution is 7.98. The molecule has 3 rings (SSSR count). The standard InChI is InChI=1S/C20H21FN2O2S/c1-22-11-12-23(2)20(24)19-15(14-7-3-5-9-17(14)25-19)13-26-18-10-6-4-8-16(18)21/h3-10,22H,11-13H2,1-2H3. The molecule has 0 atom stereocenters. The van der Waals surface area contributed by atoms with Crippen LogP contribution in [-0.4, -0.2) is 38.0 Å². The van der Waals surface area contributed by atoms with Crippen molar-refractivity contribution >= 4 is 28.6 Å². The van der Waals surface area contributed by atoms with Crippen LogP contribution in [0.4, 0.5) is 4.39 Å². The zero-order valence-corrected chi connectivity index (χ0v) is 15.6. The summed E-state index contributed by atoms with van der Waals surface area (Å²) in [4.78, 5) is 15.0. The van der Waals surface area contributed by atoms with Crippen LogP contribution < -0.4 is 5.32 Å². The molecule has 136 valence electrons. The minimum Gasteiger partial charge on any atom is -0.451 e. The van der Waals surface area contributed by atoms with Crippen molar-refractivity contribution in [2.24, 2.45) is 0 Å². The van der Waals surface area contributed by atoms with Crippen LogP contribution in [0.25, 0.3) is 11.0 Å². The summed E-state index contributed by atoms with van der Waals surface area (Å²) in [6, 6.07) is 14.2. The lowest BCUT2D eigenvalue weighted by molar-refractivity contribution is 0.0766. The molecule has 3 aromatic rings. The van der Waals surface area contributed by atoms with Gasteiger partial charge in [0, 0.05) is 41.7 Å². The van der Waals surface area contributed by atoms with Gasteiger partial charge in [-0.1, -0.05) is 30.3 Å². The predicted octanol–water partition coefficient (Wildman–Crippen LogP) is 4.16. The predicted molar refractivity (Wildman–Crippen MR) is 103 cm³/mol. The molecular weight excluding hydrogens is 351 g/mol. The second-order valence-corrected chi connectivity index (χ2v) is 6.97. The maximum Gasteiger partial charge on any atom is 0.289 e. The van der Waals surface area contributed by atoms with E-state index in [9.17, 15) is 9.18 Å². The van der Waals surface area contributed by atoms with E-state index in [-0.39, 0.29) is 11.7 Å². The van der Waals surface area contributed by atoms with Gasteiger partial charge < -0.3 is 14.6 Å². The Morgan fingerprint density at radius 2 is 1.92 bits per heavy atom. The summed E-state index contributed by atoms with van der Waals surface area (Å²) >= 11 is 1.36. The minimum atomic E-state index is -0.260. The number of nitrogens with zero attached hydrogens (tertiary/aromatic N) is 1. The topological polar surface area (TPSA) is 45.5 Å². The number of para-hydroxylation sites is 1. The maximum atomic E-state index is 13.9. The van der Waals surface area contributed by atoms with Crippen molar-refractivity contribution < 1.29 is 13.6 Å². The fourth-order valence-electron chi connectivity index (χ4n) is 2.68. The summed E-state index contributed by atoms with van der Waals surface area (Å²) in [5, 5.41) is 3.92. The Morgan fingerprint density at radius 1 is 1.19 bits per heavy atom. The second-order valence-electron chi connectivity index (χ2n) is 5.96. The van der Waals surface area contributed by atoms with Crippen LogP contribution in [0.1, 0.15) is 16.1 Å². The first kappa shape index (κ1) is 18.5. The van der Waals surface area contributed by atoms with Crippen molar-refractivity contribution in [3.05, 3.63) is 65.7 Å². The lowest BCUT2D eigenvalue weighted by Gasteiger charge is -2.16. The van der Waals surface area contributed by atoms with Crippen LogP contribution in [-0.2, 0) is 5.75 Å². The molecule has 1 heterocycles. The van der Waals surface area contributed by atoms with Crippen LogP contribution in [0, 0.1) is 5.82 Å². The molecule has 0 bridgehead atoms. The summed E-state index contributed by atoms with van der Waals surface area (Å²) in [6.07, 6.45) is 0. The number of likely N-dealkylation sites (N-methyl/N-ethyl adjacent to an activating group) is 2. The lowest BCUT2D eigenvalue weighted by Crippen LogP contribution is -2.33. The van der Waals surface area contributed by atoms with Gasteiger partial charge in [-0.15, -0.1) is 11.8 Å². The molecule has 0 fully saturated rings. The first-order chi connectivity index (χ1) is 12.6. The normalized spacial score (nSPS) is 11.0. The van der Waals surface area contributed by atoms with E-state index in [1.54, 1.807) is 30.1 Å². The number of fused-ring (bicyclic) bond motifs is 1. The van der Waals surface area contributed by atoms with E-state index in [1.807, 2.05) is 31.3 Å². The van der Waals surface area contributed by atoms with E-state index in [2.05, 4.69) is 5.32 Å². The Balaban J connectivity index is 1.92. The van der Waals surface area contributed by atoms with E-state index in [4.69, 9.17) is 4.42 Å². The summed E-state index contributed by atoms with van der Waals surface area (Å²) in [5.41, 5.74) is 1.47. The SMILES string of the molecule is CNCCN(C)C(=O)c1oc2ccccc2c1CSc1ccccc1F. The fraction of sp³-hybridized carbons (Fsp3) is 0.250. The number of nitrogens with one attached hydrogen (secondary N) is 1. The number of hydrogen-bond donors (Lipinski definition) is 1. The number of rotatable bonds is 7. The first-order valence-electron chi connectivity index (χ1n) is 8.39. The van der Waals surface area contributed by atoms with E-state index < -0.39 is 0 Å². The van der Waals surface area contributed by atoms with Crippen LogP contribution in [0.3, 0.4) is 0 Å². The number of halogens is 1. The average molecular weight is 372 g/mol. The van der Waals surface area contributed by atoms with Gasteiger partial charge in [0.25, 0.3) is 5.91 Å². The molecule has 0 aliphatic carbocycles. The summed E-state index contributed by atoms with van der Waals surface area (Å²) in [7, 11) is 3.59. The highest BCUT2D eigenvalue weighted by Gasteiger charge is 2.23. The molecule has 6 heteroatoms. The first-order valence-corrected chi connectivity index (χ1v) is 9.38. The van der Waals surface area contributed by atoms with Crippen LogP contribution in [0.15, 0.2) is 57.8 Å². The molecule has 1 amide bonds. The van der Waals surface area contributed by atoms with Crippen molar-refractivity contribution in [3.63, 3.8) is 0 Å². The molecule has 1 N–H and O–H groups in total. The van der Waals surface area contributed by atoms with Gasteiger partial charge in [0.1, 0.15) is 11.4 Å². The van der Waals surface area contributed by atoms with Gasteiger partial charge in [0.2, 0.25) is 0 Å². The van der Waals surface area contributed by atoms with E-state index in [1.165, 1.54) is 17.8 Å². The zero-order chi connectivity index (χ0) is 18.5. The third-order valence-corrected chi connectivity index (χ3v) is 5.22. The number of benzene rings is 2. The third kappa shape index (κ3) is 3.92. The molecule has 0 unspecified atom stereocenters. The number of thioether (sulfide) groups is 1. The van der Waals surface area contributed by atoms with Gasteiger partial charge in [0.05, 0.1) is 0 Å². The molecule has 0 spiro atoms. The van der Waals surface area contributed by atoms with Crippen LogP contribution in [0.5, 0.6) is 0 Å². The third-order valence-electron chi connectivity index (χ3n) is 4.15. The Morgan fingerprint density at radius 3 is 2.69 bits per heavy atom. The maximum absolute atomic E-state index is 13.9.